The Morgan fingerprint density at radius 3 is 2.69 bits per heavy atom. The molecule has 2 N–H and O–H groups in total. The molecule has 84 valence electrons. The zero-order valence-corrected chi connectivity index (χ0v) is 9.17. The van der Waals surface area contributed by atoms with Gasteiger partial charge in [0.15, 0.2) is 0 Å². The highest BCUT2D eigenvalue weighted by Crippen LogP contribution is 2.39. The molecule has 0 saturated carbocycles. The van der Waals surface area contributed by atoms with Crippen LogP contribution in [0.4, 0.5) is 4.39 Å². The highest BCUT2D eigenvalue weighted by Gasteiger charge is 2.45. The maximum absolute atomic E-state index is 13.0. The molecular weight excluding hydrogens is 231 g/mol. The van der Waals surface area contributed by atoms with E-state index in [0.717, 1.165) is 0 Å². The molecule has 1 aliphatic heterocycles. The van der Waals surface area contributed by atoms with Gasteiger partial charge < -0.3 is 10.5 Å². The summed E-state index contributed by atoms with van der Waals surface area (Å²) in [6, 6.07) is 5.90. The molecule has 1 aromatic rings. The summed E-state index contributed by atoms with van der Waals surface area (Å²) >= 11 is 5.67. The van der Waals surface area contributed by atoms with Gasteiger partial charge in [-0.05, 0) is 17.7 Å². The second kappa shape index (κ2) is 4.02. The van der Waals surface area contributed by atoms with Crippen LogP contribution in [0, 0.1) is 22.6 Å². The van der Waals surface area contributed by atoms with Gasteiger partial charge in [0, 0.05) is 0 Å². The van der Waals surface area contributed by atoms with Crippen molar-refractivity contribution in [2.45, 2.75) is 6.04 Å². The van der Waals surface area contributed by atoms with Crippen molar-refractivity contribution in [3.8, 4) is 6.07 Å². The molecule has 16 heavy (non-hydrogen) atoms. The van der Waals surface area contributed by atoms with Gasteiger partial charge >= 0.3 is 0 Å². The Hall–Kier alpha value is -1.15. The second-order valence-electron chi connectivity index (χ2n) is 3.91. The molecule has 0 amide bonds. The molecular formula is C11H10ClFN2O. The molecule has 1 unspecified atom stereocenters. The van der Waals surface area contributed by atoms with Crippen molar-refractivity contribution >= 4 is 11.6 Å². The number of nitrogens with two attached hydrogens (primary N) is 1. The van der Waals surface area contributed by atoms with E-state index < -0.39 is 17.3 Å². The third kappa shape index (κ3) is 1.67. The summed E-state index contributed by atoms with van der Waals surface area (Å²) in [4.78, 5) is 0. The molecule has 1 fully saturated rings. The van der Waals surface area contributed by atoms with Crippen molar-refractivity contribution < 1.29 is 9.13 Å². The van der Waals surface area contributed by atoms with Crippen LogP contribution in [-0.4, -0.2) is 13.2 Å². The van der Waals surface area contributed by atoms with Crippen molar-refractivity contribution in [3.63, 3.8) is 0 Å². The van der Waals surface area contributed by atoms with Gasteiger partial charge in [-0.15, -0.1) is 0 Å². The number of nitrogens with zero attached hydrogens (tertiary/aromatic N) is 1. The average Bonchev–Trinajstić information content (AvgIpc) is 2.21. The maximum atomic E-state index is 13.0. The van der Waals surface area contributed by atoms with Crippen LogP contribution in [0.25, 0.3) is 0 Å². The summed E-state index contributed by atoms with van der Waals surface area (Å²) in [5, 5.41) is 9.09. The van der Waals surface area contributed by atoms with Crippen molar-refractivity contribution in [1.82, 2.24) is 0 Å². The van der Waals surface area contributed by atoms with Gasteiger partial charge in [0.1, 0.15) is 11.2 Å². The Kier molecular flexibility index (Phi) is 2.85. The topological polar surface area (TPSA) is 59.0 Å². The predicted molar refractivity (Wildman–Crippen MR) is 57.2 cm³/mol. The van der Waals surface area contributed by atoms with E-state index in [9.17, 15) is 4.39 Å². The van der Waals surface area contributed by atoms with Crippen molar-refractivity contribution in [2.75, 3.05) is 13.2 Å². The number of ether oxygens (including phenoxy) is 1. The molecule has 0 aliphatic carbocycles. The Bertz CT molecular complexity index is 454. The minimum Gasteiger partial charge on any atom is -0.378 e. The third-order valence-corrected chi connectivity index (χ3v) is 3.13. The van der Waals surface area contributed by atoms with Crippen molar-refractivity contribution in [2.24, 2.45) is 11.1 Å². The summed E-state index contributed by atoms with van der Waals surface area (Å²) in [5.41, 5.74) is 5.92. The fraction of sp³-hybridized carbons (Fsp3) is 0.364. The highest BCUT2D eigenvalue weighted by molar-refractivity contribution is 6.30. The number of nitriles is 1. The first kappa shape index (κ1) is 11.3. The zero-order valence-electron chi connectivity index (χ0n) is 8.41. The van der Waals surface area contributed by atoms with Crippen molar-refractivity contribution in [3.05, 3.63) is 34.6 Å². The van der Waals surface area contributed by atoms with Crippen LogP contribution >= 0.6 is 11.6 Å². The van der Waals surface area contributed by atoms with Crippen LogP contribution in [-0.2, 0) is 4.74 Å². The van der Waals surface area contributed by atoms with Gasteiger partial charge in [-0.2, -0.15) is 5.26 Å². The molecule has 3 nitrogen and oxygen atoms in total. The number of hydrogen-bond acceptors (Lipinski definition) is 3. The summed E-state index contributed by atoms with van der Waals surface area (Å²) in [6.07, 6.45) is 0. The minimum atomic E-state index is -0.707. The average molecular weight is 241 g/mol. The van der Waals surface area contributed by atoms with Gasteiger partial charge in [0.25, 0.3) is 0 Å². The largest absolute Gasteiger partial charge is 0.378 e. The molecule has 1 aliphatic rings. The second-order valence-corrected chi connectivity index (χ2v) is 4.32. The number of halogens is 2. The molecule has 0 radical (unpaired) electrons. The number of hydrogen-bond donors (Lipinski definition) is 1. The molecule has 5 heteroatoms. The Morgan fingerprint density at radius 2 is 2.25 bits per heavy atom. The molecule has 1 heterocycles. The lowest BCUT2D eigenvalue weighted by atomic mass is 9.77. The van der Waals surface area contributed by atoms with E-state index in [4.69, 9.17) is 27.3 Å². The molecule has 0 spiro atoms. The van der Waals surface area contributed by atoms with Gasteiger partial charge in [-0.1, -0.05) is 17.7 Å². The van der Waals surface area contributed by atoms with Gasteiger partial charge in [-0.3, -0.25) is 0 Å². The van der Waals surface area contributed by atoms with E-state index >= 15 is 0 Å². The van der Waals surface area contributed by atoms with E-state index in [1.165, 1.54) is 12.1 Å². The van der Waals surface area contributed by atoms with Gasteiger partial charge in [0.05, 0.1) is 30.3 Å². The fourth-order valence-electron chi connectivity index (χ4n) is 1.66. The van der Waals surface area contributed by atoms with E-state index in [1.807, 2.05) is 0 Å². The smallest absolute Gasteiger partial charge is 0.141 e. The summed E-state index contributed by atoms with van der Waals surface area (Å²) in [7, 11) is 0. The Morgan fingerprint density at radius 1 is 1.56 bits per heavy atom. The quantitative estimate of drug-likeness (QED) is 0.860. The highest BCUT2D eigenvalue weighted by atomic mass is 35.5. The molecule has 1 saturated heterocycles. The summed E-state index contributed by atoms with van der Waals surface area (Å²) in [5.74, 6) is -0.492. The van der Waals surface area contributed by atoms with Crippen LogP contribution in [0.2, 0.25) is 5.02 Å². The molecule has 1 atom stereocenters. The first-order valence-electron chi connectivity index (χ1n) is 4.78. The predicted octanol–water partition coefficient (Wildman–Crippen LogP) is 2.02. The lowest BCUT2D eigenvalue weighted by Gasteiger charge is -2.39. The van der Waals surface area contributed by atoms with Crippen LogP contribution < -0.4 is 5.73 Å². The minimum absolute atomic E-state index is 0.0151. The molecule has 0 bridgehead atoms. The van der Waals surface area contributed by atoms with E-state index in [2.05, 4.69) is 6.07 Å². The summed E-state index contributed by atoms with van der Waals surface area (Å²) in [6.45, 7) is 0.610. The van der Waals surface area contributed by atoms with Crippen LogP contribution in [0.3, 0.4) is 0 Å². The standard InChI is InChI=1S/C11H10ClFN2O/c12-8-3-7(1-2-9(8)13)10(15)11(4-14)5-16-6-11/h1-3,10H,5-6,15H2. The van der Waals surface area contributed by atoms with Gasteiger partial charge in [0.2, 0.25) is 0 Å². The zero-order chi connectivity index (χ0) is 11.8. The monoisotopic (exact) mass is 240 g/mol. The number of benzene rings is 1. The van der Waals surface area contributed by atoms with E-state index in [0.29, 0.717) is 18.8 Å². The van der Waals surface area contributed by atoms with Crippen LogP contribution in [0.1, 0.15) is 11.6 Å². The van der Waals surface area contributed by atoms with Crippen LogP contribution in [0.15, 0.2) is 18.2 Å². The molecule has 0 aromatic heterocycles. The maximum Gasteiger partial charge on any atom is 0.141 e. The first-order valence-corrected chi connectivity index (χ1v) is 5.16. The summed E-state index contributed by atoms with van der Waals surface area (Å²) < 4.78 is 18.0. The SMILES string of the molecule is N#CC1(C(N)c2ccc(F)c(Cl)c2)COC1. The molecule has 1 aromatic carbocycles. The van der Waals surface area contributed by atoms with E-state index in [-0.39, 0.29) is 5.02 Å². The Labute approximate surface area is 97.6 Å². The van der Waals surface area contributed by atoms with Crippen LogP contribution in [0.5, 0.6) is 0 Å². The molecule has 2 rings (SSSR count). The van der Waals surface area contributed by atoms with E-state index in [1.54, 1.807) is 6.07 Å². The van der Waals surface area contributed by atoms with Gasteiger partial charge in [-0.25, -0.2) is 4.39 Å². The normalized spacial score (nSPS) is 19.6. The third-order valence-electron chi connectivity index (χ3n) is 2.84. The fourth-order valence-corrected chi connectivity index (χ4v) is 1.85. The Balaban J connectivity index is 2.31. The lowest BCUT2D eigenvalue weighted by Crippen LogP contribution is -2.49. The van der Waals surface area contributed by atoms with Crippen molar-refractivity contribution in [1.29, 1.82) is 5.26 Å². The number of rotatable bonds is 2. The first-order chi connectivity index (χ1) is 7.59. The lowest BCUT2D eigenvalue weighted by molar-refractivity contribution is -0.0910.